The lowest BCUT2D eigenvalue weighted by atomic mass is 10.0. The zero-order valence-corrected chi connectivity index (χ0v) is 14.3. The van der Waals surface area contributed by atoms with Crippen LogP contribution in [0, 0.1) is 0 Å². The number of likely N-dealkylation sites (N-methyl/N-ethyl adjacent to an activating group) is 1. The number of ether oxygens (including phenoxy) is 2. The van der Waals surface area contributed by atoms with Gasteiger partial charge >= 0.3 is 0 Å². The molecule has 0 aromatic carbocycles. The number of hydrogen-bond acceptors (Lipinski definition) is 5. The minimum absolute atomic E-state index is 0.0127. The Balaban J connectivity index is 3.48. The maximum absolute atomic E-state index is 5.89. The first-order valence-electron chi connectivity index (χ1n) is 7.56. The van der Waals surface area contributed by atoms with Crippen LogP contribution >= 0.6 is 0 Å². The van der Waals surface area contributed by atoms with Gasteiger partial charge in [-0.3, -0.25) is 4.90 Å². The summed E-state index contributed by atoms with van der Waals surface area (Å²) >= 11 is 0. The highest BCUT2D eigenvalue weighted by molar-refractivity contribution is 4.67. The predicted molar refractivity (Wildman–Crippen MR) is 82.6 cm³/mol. The maximum atomic E-state index is 5.89. The highest BCUT2D eigenvalue weighted by Gasteiger charge is 2.16. The van der Waals surface area contributed by atoms with E-state index in [0.29, 0.717) is 6.73 Å². The van der Waals surface area contributed by atoms with Crippen molar-refractivity contribution in [2.24, 2.45) is 0 Å². The second-order valence-corrected chi connectivity index (χ2v) is 5.86. The van der Waals surface area contributed by atoms with Crippen LogP contribution in [-0.4, -0.2) is 69.8 Å². The molecule has 0 amide bonds. The topological polar surface area (TPSA) is 34.2 Å². The van der Waals surface area contributed by atoms with Gasteiger partial charge in [-0.2, -0.15) is 5.06 Å². The van der Waals surface area contributed by atoms with Gasteiger partial charge in [0.15, 0.2) is 0 Å². The Bertz CT molecular complexity index is 225. The Kier molecular flexibility index (Phi) is 11.3. The fourth-order valence-electron chi connectivity index (χ4n) is 1.92. The largest absolute Gasteiger partial charge is 0.374 e. The molecule has 5 nitrogen and oxygen atoms in total. The first kappa shape index (κ1) is 19.8. The molecule has 0 atom stereocenters. The van der Waals surface area contributed by atoms with Crippen LogP contribution < -0.4 is 0 Å². The molecule has 0 aromatic heterocycles. The molecule has 0 N–H and O–H groups in total. The zero-order valence-electron chi connectivity index (χ0n) is 14.3. The molecule has 0 aliphatic heterocycles. The molecule has 0 rings (SSSR count). The average molecular weight is 290 g/mol. The van der Waals surface area contributed by atoms with Gasteiger partial charge < -0.3 is 14.3 Å². The van der Waals surface area contributed by atoms with Crippen LogP contribution in [0.5, 0.6) is 0 Å². The molecule has 0 radical (unpaired) electrons. The lowest BCUT2D eigenvalue weighted by Gasteiger charge is -2.26. The van der Waals surface area contributed by atoms with Gasteiger partial charge in [-0.25, -0.2) is 0 Å². The smallest absolute Gasteiger partial charge is 0.0988 e. The SMILES string of the molecule is CCCC(C)(C)OCCN(C)COCCCN(C)OC. The van der Waals surface area contributed by atoms with E-state index in [4.69, 9.17) is 14.3 Å². The van der Waals surface area contributed by atoms with Crippen LogP contribution in [0.3, 0.4) is 0 Å². The molecule has 122 valence electrons. The van der Waals surface area contributed by atoms with Crippen LogP contribution in [0.4, 0.5) is 0 Å². The van der Waals surface area contributed by atoms with Crippen LogP contribution in [-0.2, 0) is 14.3 Å². The second kappa shape index (κ2) is 11.5. The van der Waals surface area contributed by atoms with Crippen molar-refractivity contribution in [3.63, 3.8) is 0 Å². The third-order valence-corrected chi connectivity index (χ3v) is 3.20. The van der Waals surface area contributed by atoms with Gasteiger partial charge in [-0.05, 0) is 33.7 Å². The molecule has 20 heavy (non-hydrogen) atoms. The van der Waals surface area contributed by atoms with Crippen molar-refractivity contribution in [3.8, 4) is 0 Å². The molecule has 0 fully saturated rings. The molecule has 0 bridgehead atoms. The van der Waals surface area contributed by atoms with Gasteiger partial charge in [-0.1, -0.05) is 13.3 Å². The van der Waals surface area contributed by atoms with E-state index < -0.39 is 0 Å². The standard InChI is InChI=1S/C15H34N2O3/c1-7-9-15(2,3)20-13-11-16(4)14-19-12-8-10-17(5)18-6/h7-14H2,1-6H3. The van der Waals surface area contributed by atoms with Gasteiger partial charge in [0, 0.05) is 26.7 Å². The zero-order chi connectivity index (χ0) is 15.4. The van der Waals surface area contributed by atoms with E-state index in [0.717, 1.165) is 45.6 Å². The number of hydrogen-bond donors (Lipinski definition) is 0. The van der Waals surface area contributed by atoms with Crippen molar-refractivity contribution >= 4 is 0 Å². The summed E-state index contributed by atoms with van der Waals surface area (Å²) in [5.74, 6) is 0. The summed E-state index contributed by atoms with van der Waals surface area (Å²) in [6.07, 6.45) is 3.22. The molecule has 0 aromatic rings. The van der Waals surface area contributed by atoms with Gasteiger partial charge in [0.05, 0.1) is 26.0 Å². The molecule has 0 heterocycles. The maximum Gasteiger partial charge on any atom is 0.0988 e. The van der Waals surface area contributed by atoms with E-state index in [1.165, 1.54) is 0 Å². The summed E-state index contributed by atoms with van der Waals surface area (Å²) in [7, 11) is 5.65. The highest BCUT2D eigenvalue weighted by atomic mass is 16.7. The molecule has 0 saturated heterocycles. The fraction of sp³-hybridized carbons (Fsp3) is 1.00. The van der Waals surface area contributed by atoms with E-state index in [9.17, 15) is 0 Å². The fourth-order valence-corrected chi connectivity index (χ4v) is 1.92. The molecule has 0 spiro atoms. The summed E-state index contributed by atoms with van der Waals surface area (Å²) in [5, 5.41) is 1.80. The lowest BCUT2D eigenvalue weighted by molar-refractivity contribution is -0.113. The third-order valence-electron chi connectivity index (χ3n) is 3.20. The van der Waals surface area contributed by atoms with Crippen molar-refractivity contribution in [3.05, 3.63) is 0 Å². The molecule has 0 saturated carbocycles. The first-order chi connectivity index (χ1) is 9.41. The summed E-state index contributed by atoms with van der Waals surface area (Å²) in [4.78, 5) is 7.17. The van der Waals surface area contributed by atoms with Crippen molar-refractivity contribution in [1.29, 1.82) is 0 Å². The monoisotopic (exact) mass is 290 g/mol. The lowest BCUT2D eigenvalue weighted by Crippen LogP contribution is -2.31. The van der Waals surface area contributed by atoms with Crippen molar-refractivity contribution in [2.45, 2.75) is 45.6 Å². The van der Waals surface area contributed by atoms with Gasteiger partial charge in [0.25, 0.3) is 0 Å². The Morgan fingerprint density at radius 2 is 1.75 bits per heavy atom. The van der Waals surface area contributed by atoms with E-state index in [1.54, 1.807) is 12.2 Å². The Morgan fingerprint density at radius 1 is 1.05 bits per heavy atom. The molecular formula is C15H34N2O3. The average Bonchev–Trinajstić information content (AvgIpc) is 2.37. The number of nitrogens with zero attached hydrogens (tertiary/aromatic N) is 2. The number of hydroxylamine groups is 2. The summed E-state index contributed by atoms with van der Waals surface area (Å²) in [5.41, 5.74) is -0.0127. The summed E-state index contributed by atoms with van der Waals surface area (Å²) < 4.78 is 11.5. The molecular weight excluding hydrogens is 256 g/mol. The van der Waals surface area contributed by atoms with E-state index in [1.807, 2.05) is 7.05 Å². The summed E-state index contributed by atoms with van der Waals surface area (Å²) in [6, 6.07) is 0. The first-order valence-corrected chi connectivity index (χ1v) is 7.56. The minimum Gasteiger partial charge on any atom is -0.374 e. The van der Waals surface area contributed by atoms with Crippen molar-refractivity contribution in [1.82, 2.24) is 9.96 Å². The van der Waals surface area contributed by atoms with Crippen LogP contribution in [0.2, 0.25) is 0 Å². The Hall–Kier alpha value is -0.200. The van der Waals surface area contributed by atoms with E-state index in [2.05, 4.69) is 32.7 Å². The van der Waals surface area contributed by atoms with Crippen LogP contribution in [0.25, 0.3) is 0 Å². The predicted octanol–water partition coefficient (Wildman–Crippen LogP) is 2.37. The molecule has 0 aliphatic carbocycles. The van der Waals surface area contributed by atoms with Crippen molar-refractivity contribution < 1.29 is 14.3 Å². The summed E-state index contributed by atoms with van der Waals surface area (Å²) in [6.45, 7) is 10.4. The van der Waals surface area contributed by atoms with E-state index >= 15 is 0 Å². The third kappa shape index (κ3) is 11.6. The van der Waals surface area contributed by atoms with Gasteiger partial charge in [0.1, 0.15) is 0 Å². The highest BCUT2D eigenvalue weighted by Crippen LogP contribution is 2.15. The Labute approximate surface area is 125 Å². The minimum atomic E-state index is -0.0127. The molecule has 5 heteroatoms. The quantitative estimate of drug-likeness (QED) is 0.295. The number of rotatable bonds is 13. The van der Waals surface area contributed by atoms with Crippen LogP contribution in [0.1, 0.15) is 40.0 Å². The van der Waals surface area contributed by atoms with Crippen LogP contribution in [0.15, 0.2) is 0 Å². The molecule has 0 aliphatic rings. The van der Waals surface area contributed by atoms with Gasteiger partial charge in [0.2, 0.25) is 0 Å². The van der Waals surface area contributed by atoms with E-state index in [-0.39, 0.29) is 5.60 Å². The molecule has 0 unspecified atom stereocenters. The van der Waals surface area contributed by atoms with Crippen molar-refractivity contribution in [2.75, 3.05) is 54.2 Å². The van der Waals surface area contributed by atoms with Gasteiger partial charge in [-0.15, -0.1) is 0 Å². The second-order valence-electron chi connectivity index (χ2n) is 5.86. The Morgan fingerprint density at radius 3 is 2.35 bits per heavy atom. The normalized spacial score (nSPS) is 12.6.